The van der Waals surface area contributed by atoms with Crippen molar-refractivity contribution in [1.82, 2.24) is 24.4 Å². The first-order chi connectivity index (χ1) is 20.4. The fourth-order valence-corrected chi connectivity index (χ4v) is 5.71. The van der Waals surface area contributed by atoms with Crippen LogP contribution in [0.3, 0.4) is 0 Å². The van der Waals surface area contributed by atoms with Crippen LogP contribution >= 0.6 is 8.18 Å². The van der Waals surface area contributed by atoms with Gasteiger partial charge in [0, 0.05) is 13.1 Å². The number of ether oxygens (including phenoxy) is 2. The van der Waals surface area contributed by atoms with Gasteiger partial charge in [0.1, 0.15) is 23.6 Å². The Labute approximate surface area is 248 Å². The monoisotopic (exact) mass is 620 g/mol. The molecule has 0 bridgehead atoms. The van der Waals surface area contributed by atoms with E-state index in [9.17, 15) is 14.5 Å². The normalized spacial score (nSPS) is 24.9. The van der Waals surface area contributed by atoms with Crippen molar-refractivity contribution in [3.8, 4) is 5.75 Å². The van der Waals surface area contributed by atoms with Gasteiger partial charge in [-0.25, -0.2) is 9.37 Å². The molecular weight excluding hydrogens is 584 g/mol. The van der Waals surface area contributed by atoms with Crippen LogP contribution in [0.15, 0.2) is 36.7 Å². The molecule has 2 fully saturated rings. The van der Waals surface area contributed by atoms with Crippen molar-refractivity contribution in [2.75, 3.05) is 24.3 Å². The lowest BCUT2D eigenvalue weighted by Gasteiger charge is -2.25. The van der Waals surface area contributed by atoms with E-state index in [1.165, 1.54) is 24.7 Å². The van der Waals surface area contributed by atoms with Gasteiger partial charge >= 0.3 is 14.1 Å². The van der Waals surface area contributed by atoms with Crippen molar-refractivity contribution in [3.05, 3.63) is 36.7 Å². The molecule has 232 valence electrons. The molecule has 5 rings (SSSR count). The lowest BCUT2D eigenvalue weighted by Crippen LogP contribution is -2.41. The summed E-state index contributed by atoms with van der Waals surface area (Å²) < 4.78 is 47.5. The minimum atomic E-state index is -2.85. The van der Waals surface area contributed by atoms with E-state index in [2.05, 4.69) is 15.0 Å². The van der Waals surface area contributed by atoms with Crippen LogP contribution in [0.25, 0.3) is 11.2 Å². The maximum absolute atomic E-state index is 16.1. The zero-order chi connectivity index (χ0) is 31.1. The molecule has 1 aliphatic heterocycles. The standard InChI is InChI=1S/C27H36FN7O7P/c1-15(2)40-24(37)16(3)35(42-18-9-7-6-8-10-18)43(38)39-13-19-21(36)27(4,28)25(41-19)34-14-30-20-22(33(5)17-11-12-17)31-26(29)32-23(20)34/h6-10,14-17,19,21,25,36H,11-13H2,1-5H3,(H2,29,31,32)/q+1/t16-,19+,21+,25+,27+/m0/s1. The first-order valence-electron chi connectivity index (χ1n) is 14.0. The van der Waals surface area contributed by atoms with Crippen molar-refractivity contribution in [3.63, 3.8) is 0 Å². The highest BCUT2D eigenvalue weighted by molar-refractivity contribution is 7.36. The number of carbonyl (C=O) groups is 1. The fourth-order valence-electron chi connectivity index (χ4n) is 4.78. The molecule has 16 heteroatoms. The Morgan fingerprint density at radius 3 is 2.63 bits per heavy atom. The summed E-state index contributed by atoms with van der Waals surface area (Å²) in [5.74, 6) is 0.109. The highest BCUT2D eigenvalue weighted by Gasteiger charge is 2.57. The molecule has 3 heterocycles. The number of hydrogen-bond donors (Lipinski definition) is 2. The van der Waals surface area contributed by atoms with E-state index in [0.717, 1.165) is 17.7 Å². The van der Waals surface area contributed by atoms with Gasteiger partial charge in [-0.3, -0.25) is 9.36 Å². The van der Waals surface area contributed by atoms with Gasteiger partial charge in [0.25, 0.3) is 0 Å². The zero-order valence-electron chi connectivity index (χ0n) is 24.5. The van der Waals surface area contributed by atoms with E-state index in [4.69, 9.17) is 24.6 Å². The Hall–Kier alpha value is -3.49. The Kier molecular flexibility index (Phi) is 8.82. The van der Waals surface area contributed by atoms with Crippen LogP contribution in [0.1, 0.15) is 46.8 Å². The number of benzene rings is 1. The number of para-hydroxylation sites is 1. The molecule has 3 N–H and O–H groups in total. The number of rotatable bonds is 12. The maximum atomic E-state index is 16.1. The van der Waals surface area contributed by atoms with E-state index >= 15 is 4.39 Å². The van der Waals surface area contributed by atoms with Crippen molar-refractivity contribution < 1.29 is 37.7 Å². The molecular formula is C27H36FN7O7P+. The number of hydrogen-bond acceptors (Lipinski definition) is 12. The van der Waals surface area contributed by atoms with E-state index in [-0.39, 0.29) is 11.6 Å². The number of imidazole rings is 1. The lowest BCUT2D eigenvalue weighted by atomic mass is 9.98. The molecule has 1 saturated heterocycles. The summed E-state index contributed by atoms with van der Waals surface area (Å²) in [6.45, 7) is 5.51. The summed E-state index contributed by atoms with van der Waals surface area (Å²) >= 11 is 0. The number of hydroxylamine groups is 1. The van der Waals surface area contributed by atoms with Gasteiger partial charge in [-0.15, -0.1) is 4.52 Å². The number of anilines is 2. The smallest absolute Gasteiger partial charge is 0.462 e. The summed E-state index contributed by atoms with van der Waals surface area (Å²) in [4.78, 5) is 34.2. The molecule has 1 aromatic carbocycles. The number of nitrogens with zero attached hydrogens (tertiary/aromatic N) is 6. The second-order valence-electron chi connectivity index (χ2n) is 11.1. The van der Waals surface area contributed by atoms with Crippen molar-refractivity contribution in [1.29, 1.82) is 0 Å². The molecule has 0 amide bonds. The minimum Gasteiger partial charge on any atom is -0.462 e. The molecule has 43 heavy (non-hydrogen) atoms. The number of fused-ring (bicyclic) bond motifs is 1. The van der Waals surface area contributed by atoms with E-state index < -0.39 is 57.0 Å². The first kappa shape index (κ1) is 31.0. The summed E-state index contributed by atoms with van der Waals surface area (Å²) in [5.41, 5.74) is 4.32. The summed E-state index contributed by atoms with van der Waals surface area (Å²) in [5, 5.41) is 10.9. The second kappa shape index (κ2) is 12.2. The van der Waals surface area contributed by atoms with Crippen LogP contribution < -0.4 is 15.5 Å². The SMILES string of the molecule is CC(C)OC(=O)[C@H](C)N(Oc1ccccc1)[P+](=O)OC[C@H]1O[C@@H](n2cnc3c(N(C)C4CC4)nc(N)nc32)[C@](C)(F)[C@@H]1O. The molecule has 1 saturated carbocycles. The third kappa shape index (κ3) is 6.41. The molecule has 0 spiro atoms. The van der Waals surface area contributed by atoms with Crippen molar-refractivity contribution in [2.45, 2.75) is 82.8 Å². The van der Waals surface area contributed by atoms with Crippen LogP contribution in [0.5, 0.6) is 5.75 Å². The molecule has 2 aromatic heterocycles. The zero-order valence-corrected chi connectivity index (χ0v) is 25.4. The van der Waals surface area contributed by atoms with E-state index in [0.29, 0.717) is 23.1 Å². The Balaban J connectivity index is 1.34. The summed E-state index contributed by atoms with van der Waals surface area (Å²) in [7, 11) is -0.965. The molecule has 1 aliphatic carbocycles. The van der Waals surface area contributed by atoms with Crippen LogP contribution in [0.4, 0.5) is 16.2 Å². The van der Waals surface area contributed by atoms with E-state index in [1.54, 1.807) is 44.2 Å². The number of aliphatic hydroxyl groups is 1. The number of aliphatic hydroxyl groups excluding tert-OH is 1. The van der Waals surface area contributed by atoms with Crippen LogP contribution in [0.2, 0.25) is 0 Å². The van der Waals surface area contributed by atoms with Crippen molar-refractivity contribution >= 4 is 37.1 Å². The Morgan fingerprint density at radius 1 is 1.28 bits per heavy atom. The number of esters is 1. The Bertz CT molecular complexity index is 1470. The molecule has 0 radical (unpaired) electrons. The van der Waals surface area contributed by atoms with E-state index in [1.807, 2.05) is 11.9 Å². The van der Waals surface area contributed by atoms with Gasteiger partial charge in [0.15, 0.2) is 40.7 Å². The highest BCUT2D eigenvalue weighted by atomic mass is 31.1. The van der Waals surface area contributed by atoms with Gasteiger partial charge in [-0.2, -0.15) is 9.97 Å². The van der Waals surface area contributed by atoms with Gasteiger partial charge in [0.2, 0.25) is 5.95 Å². The average Bonchev–Trinajstić information content (AvgIpc) is 3.70. The summed E-state index contributed by atoms with van der Waals surface area (Å²) in [6.07, 6.45) is -1.34. The molecule has 2 aliphatic rings. The van der Waals surface area contributed by atoms with Crippen LogP contribution in [-0.2, 0) is 23.4 Å². The number of nitrogen functional groups attached to an aromatic ring is 1. The summed E-state index contributed by atoms with van der Waals surface area (Å²) in [6, 6.07) is 7.57. The van der Waals surface area contributed by atoms with Crippen molar-refractivity contribution in [2.24, 2.45) is 0 Å². The number of halogens is 1. The third-order valence-corrected chi connectivity index (χ3v) is 8.42. The number of aromatic nitrogens is 4. The lowest BCUT2D eigenvalue weighted by molar-refractivity contribution is -0.159. The second-order valence-corrected chi connectivity index (χ2v) is 12.2. The predicted molar refractivity (Wildman–Crippen MR) is 154 cm³/mol. The van der Waals surface area contributed by atoms with Gasteiger partial charge in [-0.1, -0.05) is 18.2 Å². The average molecular weight is 621 g/mol. The maximum Gasteiger partial charge on any atom is 0.653 e. The molecule has 1 unspecified atom stereocenters. The van der Waals surface area contributed by atoms with Gasteiger partial charge in [-0.05, 0) is 57.2 Å². The fraction of sp³-hybridized carbons (Fsp3) is 0.556. The third-order valence-electron chi connectivity index (χ3n) is 7.30. The highest BCUT2D eigenvalue weighted by Crippen LogP contribution is 2.44. The quantitative estimate of drug-likeness (QED) is 0.172. The minimum absolute atomic E-state index is 0.0173. The van der Waals surface area contributed by atoms with Crippen LogP contribution in [-0.4, -0.2) is 85.1 Å². The molecule has 3 aromatic rings. The topological polar surface area (TPSA) is 167 Å². The van der Waals surface area contributed by atoms with Gasteiger partial charge < -0.3 is 30.1 Å². The van der Waals surface area contributed by atoms with Crippen LogP contribution in [0, 0.1) is 0 Å². The number of carbonyl (C=O) groups excluding carboxylic acids is 1. The van der Waals surface area contributed by atoms with Gasteiger partial charge in [0.05, 0.1) is 12.4 Å². The Morgan fingerprint density at radius 2 is 1.98 bits per heavy atom. The number of alkyl halides is 1. The predicted octanol–water partition coefficient (Wildman–Crippen LogP) is 3.30. The first-order valence-corrected chi connectivity index (χ1v) is 15.1. The molecule has 6 atom stereocenters. The molecule has 14 nitrogen and oxygen atoms in total. The number of nitrogens with two attached hydrogens (primary N) is 1. The largest absolute Gasteiger partial charge is 0.653 e.